The van der Waals surface area contributed by atoms with E-state index < -0.39 is 0 Å². The number of nitrogens with zero attached hydrogens (tertiary/aromatic N) is 1. The van der Waals surface area contributed by atoms with Gasteiger partial charge >= 0.3 is 0 Å². The Morgan fingerprint density at radius 2 is 1.65 bits per heavy atom. The molecule has 37 heavy (non-hydrogen) atoms. The van der Waals surface area contributed by atoms with E-state index in [9.17, 15) is 0 Å². The first-order valence-electron chi connectivity index (χ1n) is 13.1. The van der Waals surface area contributed by atoms with Crippen molar-refractivity contribution in [1.29, 1.82) is 0 Å². The van der Waals surface area contributed by atoms with Crippen LogP contribution in [0.2, 0.25) is 0 Å². The zero-order valence-electron chi connectivity index (χ0n) is 22.5. The lowest BCUT2D eigenvalue weighted by Gasteiger charge is -2.22. The Labute approximate surface area is 227 Å². The van der Waals surface area contributed by atoms with Gasteiger partial charge in [0.1, 0.15) is 0 Å². The van der Waals surface area contributed by atoms with Crippen LogP contribution in [0.5, 0.6) is 0 Å². The predicted octanol–water partition coefficient (Wildman–Crippen LogP) is 10.8. The van der Waals surface area contributed by atoms with Gasteiger partial charge in [-0.05, 0) is 93.2 Å². The first-order valence-corrected chi connectivity index (χ1v) is 14.8. The highest BCUT2D eigenvalue weighted by Crippen LogP contribution is 2.45. The highest BCUT2D eigenvalue weighted by atomic mass is 32.1. The first kappa shape index (κ1) is 24.3. The van der Waals surface area contributed by atoms with Crippen LogP contribution in [-0.4, -0.2) is 4.98 Å². The van der Waals surface area contributed by atoms with E-state index in [2.05, 4.69) is 108 Å². The summed E-state index contributed by atoms with van der Waals surface area (Å²) in [7, 11) is 0. The van der Waals surface area contributed by atoms with Gasteiger partial charge in [0.15, 0.2) is 0 Å². The minimum absolute atomic E-state index is 0.0483. The minimum Gasteiger partial charge on any atom is -0.255 e. The zero-order chi connectivity index (χ0) is 25.9. The molecule has 0 spiro atoms. The topological polar surface area (TPSA) is 12.9 Å². The summed E-state index contributed by atoms with van der Waals surface area (Å²) in [5, 5.41) is 5.28. The van der Waals surface area contributed by atoms with Crippen molar-refractivity contribution in [2.75, 3.05) is 0 Å². The lowest BCUT2D eigenvalue weighted by molar-refractivity contribution is 0.596. The summed E-state index contributed by atoms with van der Waals surface area (Å²) in [5.41, 5.74) is 6.54. The van der Waals surface area contributed by atoms with Crippen molar-refractivity contribution in [3.05, 3.63) is 89.6 Å². The molecular weight excluding hydrogens is 487 g/mol. The van der Waals surface area contributed by atoms with Crippen molar-refractivity contribution in [1.82, 2.24) is 4.98 Å². The third kappa shape index (κ3) is 4.39. The number of thiophene rings is 2. The summed E-state index contributed by atoms with van der Waals surface area (Å²) in [6.45, 7) is 13.8. The summed E-state index contributed by atoms with van der Waals surface area (Å²) in [6.07, 6.45) is 3.09. The van der Waals surface area contributed by atoms with Crippen LogP contribution in [0.25, 0.3) is 52.0 Å². The smallest absolute Gasteiger partial charge is 0.0880 e. The number of pyridine rings is 1. The molecule has 0 saturated carbocycles. The molecule has 0 unspecified atom stereocenters. The predicted molar refractivity (Wildman–Crippen MR) is 165 cm³/mol. The fourth-order valence-electron chi connectivity index (χ4n) is 5.45. The summed E-state index contributed by atoms with van der Waals surface area (Å²) in [4.78, 5) is 7.66. The maximum absolute atomic E-state index is 4.93. The molecule has 3 aromatic carbocycles. The second kappa shape index (κ2) is 9.08. The van der Waals surface area contributed by atoms with E-state index in [1.165, 1.54) is 63.0 Å². The fraction of sp³-hybridized carbons (Fsp3) is 0.265. The van der Waals surface area contributed by atoms with Crippen molar-refractivity contribution in [2.45, 2.75) is 53.4 Å². The first-order chi connectivity index (χ1) is 17.7. The van der Waals surface area contributed by atoms with Gasteiger partial charge in [0.05, 0.1) is 10.4 Å². The molecule has 6 aromatic rings. The van der Waals surface area contributed by atoms with Crippen LogP contribution in [0, 0.1) is 12.8 Å². The van der Waals surface area contributed by atoms with E-state index in [4.69, 9.17) is 4.98 Å². The molecule has 3 heterocycles. The van der Waals surface area contributed by atoms with E-state index in [-0.39, 0.29) is 5.41 Å². The van der Waals surface area contributed by atoms with Crippen LogP contribution in [0.1, 0.15) is 51.3 Å². The van der Waals surface area contributed by atoms with Gasteiger partial charge in [-0.2, -0.15) is 0 Å². The Hall–Kier alpha value is -3.01. The molecule has 3 aromatic heterocycles. The Kier molecular flexibility index (Phi) is 5.97. The van der Waals surface area contributed by atoms with Crippen LogP contribution >= 0.6 is 22.7 Å². The Balaban J connectivity index is 1.51. The fourth-order valence-corrected chi connectivity index (χ4v) is 7.97. The van der Waals surface area contributed by atoms with E-state index >= 15 is 0 Å². The molecule has 0 aliphatic carbocycles. The van der Waals surface area contributed by atoms with Gasteiger partial charge in [-0.25, -0.2) is 0 Å². The van der Waals surface area contributed by atoms with Gasteiger partial charge in [-0.1, -0.05) is 71.0 Å². The summed E-state index contributed by atoms with van der Waals surface area (Å²) in [6, 6.07) is 25.0. The van der Waals surface area contributed by atoms with Crippen molar-refractivity contribution in [3.63, 3.8) is 0 Å². The van der Waals surface area contributed by atoms with E-state index in [1.54, 1.807) is 0 Å². The molecule has 0 aliphatic heterocycles. The number of aromatic nitrogens is 1. The van der Waals surface area contributed by atoms with Crippen LogP contribution in [0.15, 0.2) is 72.9 Å². The van der Waals surface area contributed by atoms with Gasteiger partial charge in [-0.3, -0.25) is 4.98 Å². The largest absolute Gasteiger partial charge is 0.255 e. The zero-order valence-corrected chi connectivity index (χ0v) is 24.1. The SMILES string of the molecule is Cc1c(-c2cc3ccnc(-c4cc(C(C)(C)C)c5ccccc5c4)c3s2)sc2ccc(CC(C)C)cc12. The maximum atomic E-state index is 4.93. The van der Waals surface area contributed by atoms with Crippen LogP contribution < -0.4 is 0 Å². The Morgan fingerprint density at radius 1 is 0.838 bits per heavy atom. The van der Waals surface area contributed by atoms with Crippen molar-refractivity contribution in [3.8, 4) is 21.0 Å². The summed E-state index contributed by atoms with van der Waals surface area (Å²) in [5.74, 6) is 0.665. The summed E-state index contributed by atoms with van der Waals surface area (Å²) >= 11 is 3.80. The molecule has 0 atom stereocenters. The number of hydrogen-bond acceptors (Lipinski definition) is 3. The highest BCUT2D eigenvalue weighted by Gasteiger charge is 2.20. The normalized spacial score (nSPS) is 12.4. The van der Waals surface area contributed by atoms with E-state index in [0.717, 1.165) is 12.1 Å². The molecule has 0 saturated heterocycles. The van der Waals surface area contributed by atoms with Gasteiger partial charge < -0.3 is 0 Å². The summed E-state index contributed by atoms with van der Waals surface area (Å²) < 4.78 is 2.64. The number of rotatable bonds is 4. The van der Waals surface area contributed by atoms with Gasteiger partial charge in [0.25, 0.3) is 0 Å². The van der Waals surface area contributed by atoms with Crippen molar-refractivity contribution in [2.24, 2.45) is 5.92 Å². The molecule has 0 aliphatic rings. The Bertz CT molecular complexity index is 1780. The van der Waals surface area contributed by atoms with Crippen molar-refractivity contribution >= 4 is 53.6 Å². The average molecular weight is 520 g/mol. The highest BCUT2D eigenvalue weighted by molar-refractivity contribution is 7.28. The standard InChI is InChI=1S/C34H33NS2/c1-20(2)15-22-11-12-29-27(16-22)21(3)32(36-29)30-19-24-13-14-35-31(33(24)37-30)25-17-23-9-7-8-10-26(23)28(18-25)34(4,5)6/h7-14,16-20H,15H2,1-6H3. The van der Waals surface area contributed by atoms with Gasteiger partial charge in [0.2, 0.25) is 0 Å². The quantitative estimate of drug-likeness (QED) is 0.226. The van der Waals surface area contributed by atoms with Crippen LogP contribution in [0.4, 0.5) is 0 Å². The molecule has 0 fully saturated rings. The molecule has 0 radical (unpaired) electrons. The lowest BCUT2D eigenvalue weighted by Crippen LogP contribution is -2.12. The monoisotopic (exact) mass is 519 g/mol. The Morgan fingerprint density at radius 3 is 2.43 bits per heavy atom. The van der Waals surface area contributed by atoms with Crippen LogP contribution in [0.3, 0.4) is 0 Å². The number of aryl methyl sites for hydroxylation is 1. The molecule has 0 N–H and O–H groups in total. The number of fused-ring (bicyclic) bond motifs is 3. The molecule has 6 rings (SSSR count). The number of hydrogen-bond donors (Lipinski definition) is 0. The lowest BCUT2D eigenvalue weighted by atomic mass is 9.82. The maximum Gasteiger partial charge on any atom is 0.0880 e. The van der Waals surface area contributed by atoms with Gasteiger partial charge in [-0.15, -0.1) is 22.7 Å². The minimum atomic E-state index is 0.0483. The third-order valence-electron chi connectivity index (χ3n) is 7.25. The molecule has 186 valence electrons. The van der Waals surface area contributed by atoms with E-state index in [0.29, 0.717) is 5.92 Å². The number of benzene rings is 3. The molecule has 0 bridgehead atoms. The second-order valence-electron chi connectivity index (χ2n) is 11.7. The molecule has 0 amide bonds. The average Bonchev–Trinajstić information content (AvgIpc) is 3.43. The molecule has 3 heteroatoms. The van der Waals surface area contributed by atoms with E-state index in [1.807, 2.05) is 28.9 Å². The molecular formula is C34H33NS2. The third-order valence-corrected chi connectivity index (χ3v) is 9.86. The molecule has 1 nitrogen and oxygen atoms in total. The van der Waals surface area contributed by atoms with Crippen molar-refractivity contribution < 1.29 is 0 Å². The second-order valence-corrected chi connectivity index (χ2v) is 13.8. The van der Waals surface area contributed by atoms with Gasteiger partial charge in [0, 0.05) is 26.2 Å². The van der Waals surface area contributed by atoms with Crippen LogP contribution in [-0.2, 0) is 11.8 Å².